The van der Waals surface area contributed by atoms with Crippen molar-refractivity contribution in [2.75, 3.05) is 6.54 Å². The van der Waals surface area contributed by atoms with Gasteiger partial charge in [0.1, 0.15) is 11.7 Å². The highest BCUT2D eigenvalue weighted by molar-refractivity contribution is 7.80. The Hall–Kier alpha value is -2.96. The van der Waals surface area contributed by atoms with Crippen LogP contribution in [0.5, 0.6) is 0 Å². The van der Waals surface area contributed by atoms with E-state index in [9.17, 15) is 23.1 Å². The van der Waals surface area contributed by atoms with E-state index >= 15 is 0 Å². The van der Waals surface area contributed by atoms with Crippen LogP contribution in [0.2, 0.25) is 0 Å². The lowest BCUT2D eigenvalue weighted by molar-refractivity contribution is -0.142. The fraction of sp³-hybridized carbons (Fsp3) is 0.312. The summed E-state index contributed by atoms with van der Waals surface area (Å²) in [5.41, 5.74) is 1.58. The van der Waals surface area contributed by atoms with E-state index in [-0.39, 0.29) is 12.2 Å². The van der Waals surface area contributed by atoms with E-state index in [1.807, 2.05) is 30.3 Å². The Bertz CT molecular complexity index is 1040. The Kier molecular flexibility index (Phi) is 4.33. The molecule has 2 bridgehead atoms. The minimum absolute atomic E-state index is 0.0945. The van der Waals surface area contributed by atoms with Crippen LogP contribution in [-0.4, -0.2) is 56.4 Å². The minimum atomic E-state index is -4.96. The summed E-state index contributed by atoms with van der Waals surface area (Å²) in [6.45, 7) is 0.367. The number of carbonyl (C=O) groups excluding carboxylic acids is 1. The Morgan fingerprint density at radius 2 is 2.00 bits per heavy atom. The molecular formula is C16H16N4O7S. The van der Waals surface area contributed by atoms with Gasteiger partial charge in [-0.15, -0.1) is 4.28 Å². The number of aromatic nitrogens is 2. The zero-order chi connectivity index (χ0) is 20.1. The number of hydroxylamine groups is 2. The van der Waals surface area contributed by atoms with Crippen LogP contribution in [0.1, 0.15) is 28.9 Å². The SMILES string of the molecule is O=C(O)C1c2nn(CCc3ccccc3)cc2C2CN1C(=O)N2OS(=O)(=O)O. The van der Waals surface area contributed by atoms with Crippen molar-refractivity contribution in [3.05, 3.63) is 53.3 Å². The first-order valence-corrected chi connectivity index (χ1v) is 9.72. The van der Waals surface area contributed by atoms with Gasteiger partial charge in [0.05, 0.1) is 6.54 Å². The van der Waals surface area contributed by atoms with E-state index in [1.165, 1.54) is 0 Å². The van der Waals surface area contributed by atoms with E-state index in [1.54, 1.807) is 10.9 Å². The normalized spacial score (nSPS) is 21.1. The molecule has 2 amide bonds. The average Bonchev–Trinajstić information content (AvgIpc) is 3.16. The van der Waals surface area contributed by atoms with Gasteiger partial charge >= 0.3 is 22.4 Å². The summed E-state index contributed by atoms with van der Waals surface area (Å²) in [7, 11) is -4.96. The van der Waals surface area contributed by atoms with Crippen LogP contribution >= 0.6 is 0 Å². The van der Waals surface area contributed by atoms with Gasteiger partial charge in [0.2, 0.25) is 0 Å². The van der Waals surface area contributed by atoms with Gasteiger partial charge in [0, 0.05) is 18.3 Å². The zero-order valence-electron chi connectivity index (χ0n) is 14.4. The molecule has 11 nitrogen and oxygen atoms in total. The third kappa shape index (κ3) is 3.21. The van der Waals surface area contributed by atoms with Gasteiger partial charge in [-0.1, -0.05) is 30.3 Å². The van der Waals surface area contributed by atoms with Crippen LogP contribution < -0.4 is 0 Å². The molecule has 1 saturated heterocycles. The second kappa shape index (κ2) is 6.58. The number of aryl methyl sites for hydroxylation is 2. The van der Waals surface area contributed by atoms with Crippen molar-refractivity contribution in [2.45, 2.75) is 25.0 Å². The average molecular weight is 408 g/mol. The molecule has 2 N–H and O–H groups in total. The molecule has 2 aliphatic rings. The number of carboxylic acids is 1. The first-order chi connectivity index (χ1) is 13.2. The maximum Gasteiger partial charge on any atom is 0.418 e. The molecule has 28 heavy (non-hydrogen) atoms. The number of fused-ring (bicyclic) bond motifs is 4. The van der Waals surface area contributed by atoms with Crippen molar-refractivity contribution in [3.8, 4) is 0 Å². The van der Waals surface area contributed by atoms with E-state index in [2.05, 4.69) is 9.38 Å². The minimum Gasteiger partial charge on any atom is -0.479 e. The lowest BCUT2D eigenvalue weighted by Gasteiger charge is -2.26. The molecule has 0 radical (unpaired) electrons. The molecule has 0 aliphatic carbocycles. The molecule has 148 valence electrons. The van der Waals surface area contributed by atoms with E-state index < -0.39 is 34.5 Å². The molecule has 1 aromatic carbocycles. The molecule has 3 heterocycles. The predicted octanol–water partition coefficient (Wildman–Crippen LogP) is 0.778. The molecule has 2 unspecified atom stereocenters. The summed E-state index contributed by atoms with van der Waals surface area (Å²) in [6.07, 6.45) is 2.23. The van der Waals surface area contributed by atoms with Gasteiger partial charge in [0.15, 0.2) is 6.04 Å². The highest BCUT2D eigenvalue weighted by Crippen LogP contribution is 2.43. The molecule has 4 rings (SSSR count). The van der Waals surface area contributed by atoms with Crippen molar-refractivity contribution in [2.24, 2.45) is 0 Å². The Labute approximate surface area is 159 Å². The van der Waals surface area contributed by atoms with Crippen molar-refractivity contribution in [1.82, 2.24) is 19.7 Å². The van der Waals surface area contributed by atoms with Crippen LogP contribution in [0, 0.1) is 0 Å². The molecule has 1 aromatic heterocycles. The molecule has 12 heteroatoms. The molecule has 1 fully saturated rings. The van der Waals surface area contributed by atoms with Crippen LogP contribution in [0.25, 0.3) is 0 Å². The zero-order valence-corrected chi connectivity index (χ0v) is 15.2. The monoisotopic (exact) mass is 408 g/mol. The Morgan fingerprint density at radius 3 is 2.64 bits per heavy atom. The number of benzene rings is 1. The van der Waals surface area contributed by atoms with E-state index in [4.69, 9.17) is 4.55 Å². The molecule has 2 aromatic rings. The summed E-state index contributed by atoms with van der Waals surface area (Å²) < 4.78 is 37.1. The maximum absolute atomic E-state index is 12.4. The lowest BCUT2D eigenvalue weighted by atomic mass is 9.98. The second-order valence-electron chi connectivity index (χ2n) is 6.49. The molecule has 0 spiro atoms. The van der Waals surface area contributed by atoms with Crippen LogP contribution in [0.4, 0.5) is 4.79 Å². The van der Waals surface area contributed by atoms with Crippen molar-refractivity contribution in [1.29, 1.82) is 0 Å². The lowest BCUT2D eigenvalue weighted by Crippen LogP contribution is -2.38. The molecule has 2 atom stereocenters. The quantitative estimate of drug-likeness (QED) is 0.668. The van der Waals surface area contributed by atoms with E-state index in [0.29, 0.717) is 23.6 Å². The van der Waals surface area contributed by atoms with Crippen molar-refractivity contribution in [3.63, 3.8) is 0 Å². The number of hydrogen-bond acceptors (Lipinski definition) is 6. The number of urea groups is 1. The number of aliphatic carboxylic acids is 1. The van der Waals surface area contributed by atoms with Gasteiger partial charge in [-0.25, -0.2) is 9.59 Å². The van der Waals surface area contributed by atoms with Crippen molar-refractivity contribution >= 4 is 22.4 Å². The summed E-state index contributed by atoms with van der Waals surface area (Å²) in [6, 6.07) is 6.40. The maximum atomic E-state index is 12.4. The van der Waals surface area contributed by atoms with Crippen molar-refractivity contribution < 1.29 is 31.9 Å². The Balaban J connectivity index is 1.66. The predicted molar refractivity (Wildman–Crippen MR) is 92.1 cm³/mol. The standard InChI is InChI=1S/C16H16N4O7S/c21-15(22)14-13-11(8-18(17-13)7-6-10-4-2-1-3-5-10)12-9-19(14)16(23)20(12)27-28(24,25)26/h1-5,8,12,14H,6-7,9H2,(H,21,22)(H,24,25,26). The third-order valence-electron chi connectivity index (χ3n) is 4.72. The Morgan fingerprint density at radius 1 is 1.29 bits per heavy atom. The van der Waals surface area contributed by atoms with Gasteiger partial charge in [-0.3, -0.25) is 9.23 Å². The number of rotatable bonds is 6. The highest BCUT2D eigenvalue weighted by Gasteiger charge is 2.53. The number of amides is 2. The summed E-state index contributed by atoms with van der Waals surface area (Å²) >= 11 is 0. The summed E-state index contributed by atoms with van der Waals surface area (Å²) in [5.74, 6) is -1.30. The first kappa shape index (κ1) is 18.4. The van der Waals surface area contributed by atoms with Crippen LogP contribution in [-0.2, 0) is 32.4 Å². The molecule has 0 saturated carbocycles. The van der Waals surface area contributed by atoms with Crippen LogP contribution in [0.3, 0.4) is 0 Å². The van der Waals surface area contributed by atoms with E-state index in [0.717, 1.165) is 10.5 Å². The van der Waals surface area contributed by atoms with Gasteiger partial charge in [-0.05, 0) is 12.0 Å². The van der Waals surface area contributed by atoms with Gasteiger partial charge in [0.25, 0.3) is 0 Å². The number of carboxylic acid groups (broad SMARTS) is 1. The fourth-order valence-electron chi connectivity index (χ4n) is 3.55. The molecular weight excluding hydrogens is 392 g/mol. The van der Waals surface area contributed by atoms with Crippen LogP contribution in [0.15, 0.2) is 36.5 Å². The largest absolute Gasteiger partial charge is 0.479 e. The number of nitrogens with zero attached hydrogens (tertiary/aromatic N) is 4. The van der Waals surface area contributed by atoms with Gasteiger partial charge < -0.3 is 10.0 Å². The highest BCUT2D eigenvalue weighted by atomic mass is 32.3. The van der Waals surface area contributed by atoms with Gasteiger partial charge in [-0.2, -0.15) is 18.6 Å². The topological polar surface area (TPSA) is 142 Å². The summed E-state index contributed by atoms with van der Waals surface area (Å²) in [4.78, 5) is 25.1. The molecule has 2 aliphatic heterocycles. The first-order valence-electron chi connectivity index (χ1n) is 8.35. The second-order valence-corrected chi connectivity index (χ2v) is 7.49. The number of hydrogen-bond donors (Lipinski definition) is 2. The summed E-state index contributed by atoms with van der Waals surface area (Å²) in [5, 5.41) is 14.4. The number of carbonyl (C=O) groups is 2. The fourth-order valence-corrected chi connectivity index (χ4v) is 3.92. The smallest absolute Gasteiger partial charge is 0.418 e. The third-order valence-corrected chi connectivity index (χ3v) is 5.07.